The number of hydrogen-bond donors (Lipinski definition) is 2. The van der Waals surface area contributed by atoms with Gasteiger partial charge in [0.25, 0.3) is 0 Å². The van der Waals surface area contributed by atoms with Crippen molar-refractivity contribution in [1.29, 1.82) is 0 Å². The van der Waals surface area contributed by atoms with Gasteiger partial charge in [-0.15, -0.1) is 5.10 Å². The molecular weight excluding hydrogens is 376 g/mol. The molecule has 0 spiro atoms. The van der Waals surface area contributed by atoms with Crippen molar-refractivity contribution < 1.29 is 24.2 Å². The van der Waals surface area contributed by atoms with Crippen LogP contribution in [0.5, 0.6) is 0 Å². The van der Waals surface area contributed by atoms with Gasteiger partial charge >= 0.3 is 18.0 Å². The molecule has 2 atom stereocenters. The zero-order valence-corrected chi connectivity index (χ0v) is 16.1. The Morgan fingerprint density at radius 3 is 2.17 bits per heavy atom. The van der Waals surface area contributed by atoms with E-state index in [1.54, 1.807) is 0 Å². The monoisotopic (exact) mass is 400 g/mol. The average molecular weight is 400 g/mol. The molecular formula is C20H24N4O5. The zero-order chi connectivity index (χ0) is 20.8. The summed E-state index contributed by atoms with van der Waals surface area (Å²) in [7, 11) is 2.25. The smallest absolute Gasteiger partial charge is 0.328 e. The highest BCUT2D eigenvalue weighted by Gasteiger charge is 2.36. The molecule has 1 aromatic heterocycles. The minimum Gasteiger partial charge on any atom is -0.478 e. The van der Waals surface area contributed by atoms with Crippen molar-refractivity contribution in [2.24, 2.45) is 0 Å². The van der Waals surface area contributed by atoms with E-state index in [2.05, 4.69) is 27.0 Å². The van der Waals surface area contributed by atoms with E-state index in [4.69, 9.17) is 14.6 Å². The predicted octanol–water partition coefficient (Wildman–Crippen LogP) is 2.12. The Bertz CT molecular complexity index is 837. The number of rotatable bonds is 4. The third-order valence-electron chi connectivity index (χ3n) is 5.16. The van der Waals surface area contributed by atoms with Crippen LogP contribution in [0.1, 0.15) is 19.3 Å². The number of carbonyl (C=O) groups is 2. The maximum atomic E-state index is 9.55. The number of hydrogen-bond acceptors (Lipinski definition) is 7. The van der Waals surface area contributed by atoms with Crippen molar-refractivity contribution in [3.05, 3.63) is 42.5 Å². The molecule has 2 saturated heterocycles. The van der Waals surface area contributed by atoms with Crippen LogP contribution in [0.15, 0.2) is 46.9 Å². The topological polar surface area (TPSA) is 120 Å². The van der Waals surface area contributed by atoms with Crippen LogP contribution in [0.25, 0.3) is 11.5 Å². The maximum Gasteiger partial charge on any atom is 0.328 e. The third-order valence-corrected chi connectivity index (χ3v) is 5.16. The molecule has 154 valence electrons. The Balaban J connectivity index is 0.000000258. The van der Waals surface area contributed by atoms with Crippen molar-refractivity contribution >= 4 is 18.0 Å². The van der Waals surface area contributed by atoms with Gasteiger partial charge in [0.1, 0.15) is 0 Å². The molecule has 3 heterocycles. The summed E-state index contributed by atoms with van der Waals surface area (Å²) < 4.78 is 5.89. The van der Waals surface area contributed by atoms with E-state index in [0.717, 1.165) is 18.7 Å². The van der Waals surface area contributed by atoms with Crippen molar-refractivity contribution in [2.75, 3.05) is 25.0 Å². The number of fused-ring (bicyclic) bond motifs is 2. The molecule has 9 heteroatoms. The molecule has 9 nitrogen and oxygen atoms in total. The second-order valence-corrected chi connectivity index (χ2v) is 7.07. The zero-order valence-electron chi connectivity index (χ0n) is 16.1. The van der Waals surface area contributed by atoms with E-state index in [1.807, 2.05) is 30.3 Å². The highest BCUT2D eigenvalue weighted by molar-refractivity contribution is 5.89. The molecule has 2 bridgehead atoms. The Kier molecular flexibility index (Phi) is 6.61. The second-order valence-electron chi connectivity index (χ2n) is 7.07. The lowest BCUT2D eigenvalue weighted by molar-refractivity contribution is -0.134. The molecule has 1 aromatic carbocycles. The van der Waals surface area contributed by atoms with Gasteiger partial charge < -0.3 is 19.5 Å². The Morgan fingerprint density at radius 1 is 1.03 bits per heavy atom. The number of anilines is 1. The van der Waals surface area contributed by atoms with E-state index in [9.17, 15) is 9.59 Å². The summed E-state index contributed by atoms with van der Waals surface area (Å²) in [5, 5.41) is 24.1. The Labute approximate surface area is 168 Å². The van der Waals surface area contributed by atoms with Gasteiger partial charge in [-0.25, -0.2) is 9.59 Å². The van der Waals surface area contributed by atoms with Crippen LogP contribution in [-0.4, -0.2) is 69.5 Å². The third kappa shape index (κ3) is 5.41. The summed E-state index contributed by atoms with van der Waals surface area (Å²) in [5.74, 6) is -1.91. The number of nitrogens with zero attached hydrogens (tertiary/aromatic N) is 4. The molecule has 0 amide bonds. The van der Waals surface area contributed by atoms with Gasteiger partial charge in [-0.05, 0) is 32.0 Å². The number of piperidine rings is 1. The molecule has 2 N–H and O–H groups in total. The van der Waals surface area contributed by atoms with Crippen LogP contribution in [-0.2, 0) is 9.59 Å². The number of likely N-dealkylation sites (N-methyl/N-ethyl adjacent to an activating group) is 1. The van der Waals surface area contributed by atoms with Gasteiger partial charge in [0, 0.05) is 42.9 Å². The number of aromatic nitrogens is 2. The summed E-state index contributed by atoms with van der Waals surface area (Å²) in [6.45, 7) is 1.98. The van der Waals surface area contributed by atoms with Crippen LogP contribution in [0.2, 0.25) is 0 Å². The molecule has 0 radical (unpaired) electrons. The summed E-state index contributed by atoms with van der Waals surface area (Å²) >= 11 is 0. The minimum atomic E-state index is -1.26. The van der Waals surface area contributed by atoms with E-state index < -0.39 is 11.9 Å². The molecule has 0 saturated carbocycles. The predicted molar refractivity (Wildman–Crippen MR) is 106 cm³/mol. The molecule has 0 aliphatic carbocycles. The molecule has 2 aliphatic rings. The van der Waals surface area contributed by atoms with Crippen LogP contribution >= 0.6 is 0 Å². The fourth-order valence-corrected chi connectivity index (χ4v) is 3.66. The fraction of sp³-hybridized carbons (Fsp3) is 0.400. The molecule has 2 fully saturated rings. The van der Waals surface area contributed by atoms with Crippen LogP contribution in [0, 0.1) is 0 Å². The number of benzene rings is 1. The molecule has 2 aliphatic heterocycles. The second kappa shape index (κ2) is 9.33. The van der Waals surface area contributed by atoms with Gasteiger partial charge in [0.15, 0.2) is 0 Å². The first-order valence-electron chi connectivity index (χ1n) is 9.43. The van der Waals surface area contributed by atoms with Crippen molar-refractivity contribution in [3.63, 3.8) is 0 Å². The number of carboxylic acids is 2. The van der Waals surface area contributed by atoms with Crippen LogP contribution < -0.4 is 4.90 Å². The van der Waals surface area contributed by atoms with E-state index >= 15 is 0 Å². The van der Waals surface area contributed by atoms with Crippen molar-refractivity contribution in [2.45, 2.75) is 31.3 Å². The fourth-order valence-electron chi connectivity index (χ4n) is 3.66. The summed E-state index contributed by atoms with van der Waals surface area (Å²) in [5.41, 5.74) is 0.977. The lowest BCUT2D eigenvalue weighted by Crippen LogP contribution is -2.59. The largest absolute Gasteiger partial charge is 0.478 e. The first-order chi connectivity index (χ1) is 13.9. The first-order valence-corrected chi connectivity index (χ1v) is 9.43. The summed E-state index contributed by atoms with van der Waals surface area (Å²) in [6.07, 6.45) is 4.99. The van der Waals surface area contributed by atoms with E-state index in [0.29, 0.717) is 36.1 Å². The van der Waals surface area contributed by atoms with Crippen LogP contribution in [0.4, 0.5) is 6.01 Å². The summed E-state index contributed by atoms with van der Waals surface area (Å²) in [6, 6.07) is 11.8. The van der Waals surface area contributed by atoms with Crippen molar-refractivity contribution in [1.82, 2.24) is 15.1 Å². The quantitative estimate of drug-likeness (QED) is 0.744. The standard InChI is InChI=1S/C16H20N4O.C4H4O4/c1-19-13-8-5-9-14(19)11-20(10-13)16-18-17-15(21-16)12-6-3-2-4-7-12;5-3(6)1-2-4(7)8/h2-4,6-7,13-14H,5,8-11H2,1H3;1-2H,(H,5,6)(H,7,8)/b;2-1+. The highest BCUT2D eigenvalue weighted by atomic mass is 16.4. The summed E-state index contributed by atoms with van der Waals surface area (Å²) in [4.78, 5) is 23.9. The minimum absolute atomic E-state index is 0.558. The van der Waals surface area contributed by atoms with Crippen molar-refractivity contribution in [3.8, 4) is 11.5 Å². The average Bonchev–Trinajstić information content (AvgIpc) is 3.18. The van der Waals surface area contributed by atoms with Gasteiger partial charge in [-0.1, -0.05) is 29.7 Å². The lowest BCUT2D eigenvalue weighted by Gasteiger charge is -2.47. The van der Waals surface area contributed by atoms with E-state index in [1.165, 1.54) is 19.3 Å². The van der Waals surface area contributed by atoms with Gasteiger partial charge in [-0.3, -0.25) is 4.90 Å². The molecule has 2 aromatic rings. The molecule has 29 heavy (non-hydrogen) atoms. The maximum absolute atomic E-state index is 9.55. The number of aliphatic carboxylic acids is 2. The normalized spacial score (nSPS) is 21.5. The molecule has 4 rings (SSSR count). The lowest BCUT2D eigenvalue weighted by atomic mass is 9.92. The number of piperazine rings is 1. The first kappa shape index (κ1) is 20.5. The Morgan fingerprint density at radius 2 is 1.62 bits per heavy atom. The number of carboxylic acid groups (broad SMARTS) is 2. The van der Waals surface area contributed by atoms with E-state index in [-0.39, 0.29) is 0 Å². The van der Waals surface area contributed by atoms with Crippen LogP contribution in [0.3, 0.4) is 0 Å². The van der Waals surface area contributed by atoms with Gasteiger partial charge in [0.05, 0.1) is 0 Å². The van der Waals surface area contributed by atoms with Gasteiger partial charge in [0.2, 0.25) is 5.89 Å². The van der Waals surface area contributed by atoms with Gasteiger partial charge in [-0.2, -0.15) is 0 Å². The Hall–Kier alpha value is -3.20. The highest BCUT2D eigenvalue weighted by Crippen LogP contribution is 2.30. The molecule has 2 unspecified atom stereocenters. The SMILES string of the molecule is CN1C2CCCC1CN(c1nnc(-c3ccccc3)o1)C2.O=C(O)/C=C/C(=O)O.